The Morgan fingerprint density at radius 2 is 1.73 bits per heavy atom. The summed E-state index contributed by atoms with van der Waals surface area (Å²) in [6.07, 6.45) is 0. The van der Waals surface area contributed by atoms with Crippen LogP contribution in [0.5, 0.6) is 0 Å². The molecule has 7 nitrogen and oxygen atoms in total. The molecule has 0 radical (unpaired) electrons. The van der Waals surface area contributed by atoms with Crippen molar-refractivity contribution in [2.75, 3.05) is 0 Å². The fraction of sp³-hybridized carbons (Fsp3) is 0.0556. The summed E-state index contributed by atoms with van der Waals surface area (Å²) in [6.45, 7) is 1.62. The molecule has 0 aliphatic rings. The first-order chi connectivity index (χ1) is 12.5. The Balaban J connectivity index is 2.04. The second kappa shape index (κ2) is 7.32. The molecule has 2 aromatic carbocycles. The molecule has 26 heavy (non-hydrogen) atoms. The largest absolute Gasteiger partial charge is 0.478 e. The number of carboxylic acids is 1. The summed E-state index contributed by atoms with van der Waals surface area (Å²) in [5.41, 5.74) is 1.12. The summed E-state index contributed by atoms with van der Waals surface area (Å²) >= 11 is 1.13. The fourth-order valence-electron chi connectivity index (χ4n) is 2.33. The van der Waals surface area contributed by atoms with Gasteiger partial charge in [0.2, 0.25) is 0 Å². The number of carbonyl (C=O) groups is 1. The van der Waals surface area contributed by atoms with E-state index in [1.54, 1.807) is 19.1 Å². The van der Waals surface area contributed by atoms with Crippen LogP contribution in [0.15, 0.2) is 64.5 Å². The monoisotopic (exact) mass is 367 g/mol. The number of benzene rings is 2. The third-order valence-corrected chi connectivity index (χ3v) is 4.56. The van der Waals surface area contributed by atoms with Gasteiger partial charge in [-0.05, 0) is 19.1 Å². The van der Waals surface area contributed by atoms with Crippen LogP contribution in [0.2, 0.25) is 0 Å². The second-order valence-electron chi connectivity index (χ2n) is 5.34. The Morgan fingerprint density at radius 1 is 1.08 bits per heavy atom. The molecule has 0 saturated carbocycles. The first-order valence-electron chi connectivity index (χ1n) is 7.55. The summed E-state index contributed by atoms with van der Waals surface area (Å²) in [6, 6.07) is 15.1. The topological polar surface area (TPSA) is 106 Å². The molecule has 8 heteroatoms. The summed E-state index contributed by atoms with van der Waals surface area (Å²) in [5, 5.41) is 20.6. The molecule has 3 rings (SSSR count). The van der Waals surface area contributed by atoms with Crippen molar-refractivity contribution in [2.45, 2.75) is 16.8 Å². The van der Waals surface area contributed by atoms with Crippen LogP contribution >= 0.6 is 11.8 Å². The smallest absolute Gasteiger partial charge is 0.340 e. The Morgan fingerprint density at radius 3 is 2.31 bits per heavy atom. The van der Waals surface area contributed by atoms with Gasteiger partial charge >= 0.3 is 5.97 Å². The molecule has 1 N–H and O–H groups in total. The van der Waals surface area contributed by atoms with Crippen molar-refractivity contribution in [1.29, 1.82) is 0 Å². The van der Waals surface area contributed by atoms with Gasteiger partial charge in [0, 0.05) is 22.6 Å². The first-order valence-corrected chi connectivity index (χ1v) is 8.37. The zero-order chi connectivity index (χ0) is 18.7. The molecule has 130 valence electrons. The van der Waals surface area contributed by atoms with E-state index < -0.39 is 10.9 Å². The van der Waals surface area contributed by atoms with Gasteiger partial charge in [-0.2, -0.15) is 0 Å². The van der Waals surface area contributed by atoms with Crippen LogP contribution in [0.4, 0.5) is 5.69 Å². The summed E-state index contributed by atoms with van der Waals surface area (Å²) in [4.78, 5) is 31.3. The number of nitrogens with zero attached hydrogens (tertiary/aromatic N) is 3. The molecular weight excluding hydrogens is 354 g/mol. The van der Waals surface area contributed by atoms with Crippen LogP contribution in [0, 0.1) is 17.0 Å². The van der Waals surface area contributed by atoms with Crippen LogP contribution in [0.25, 0.3) is 11.4 Å². The molecular formula is C18H13N3O4S. The van der Waals surface area contributed by atoms with E-state index in [2.05, 4.69) is 9.97 Å². The summed E-state index contributed by atoms with van der Waals surface area (Å²) in [5.74, 6) is -0.691. The second-order valence-corrected chi connectivity index (χ2v) is 6.40. The van der Waals surface area contributed by atoms with Crippen LogP contribution < -0.4 is 0 Å². The lowest BCUT2D eigenvalue weighted by Gasteiger charge is -2.10. The molecule has 0 amide bonds. The highest BCUT2D eigenvalue weighted by molar-refractivity contribution is 7.99. The van der Waals surface area contributed by atoms with Crippen molar-refractivity contribution in [3.63, 3.8) is 0 Å². The molecule has 0 atom stereocenters. The minimum Gasteiger partial charge on any atom is -0.478 e. The molecule has 1 heterocycles. The summed E-state index contributed by atoms with van der Waals surface area (Å²) < 4.78 is 0. The van der Waals surface area contributed by atoms with E-state index in [0.717, 1.165) is 17.3 Å². The molecule has 0 saturated heterocycles. The molecule has 3 aromatic rings. The number of nitro groups is 1. The van der Waals surface area contributed by atoms with Crippen LogP contribution in [0.3, 0.4) is 0 Å². The van der Waals surface area contributed by atoms with E-state index >= 15 is 0 Å². The highest BCUT2D eigenvalue weighted by atomic mass is 32.2. The maximum Gasteiger partial charge on any atom is 0.340 e. The fourth-order valence-corrected chi connectivity index (χ4v) is 3.30. The lowest BCUT2D eigenvalue weighted by atomic mass is 10.2. The van der Waals surface area contributed by atoms with Gasteiger partial charge in [-0.15, -0.1) is 0 Å². The molecule has 0 spiro atoms. The van der Waals surface area contributed by atoms with Crippen molar-refractivity contribution in [1.82, 2.24) is 9.97 Å². The highest BCUT2D eigenvalue weighted by Crippen LogP contribution is 2.32. The zero-order valence-electron chi connectivity index (χ0n) is 13.6. The number of carboxylic acid groups (broad SMARTS) is 1. The minimum atomic E-state index is -1.12. The van der Waals surface area contributed by atoms with Gasteiger partial charge < -0.3 is 5.11 Å². The number of hydrogen-bond acceptors (Lipinski definition) is 6. The van der Waals surface area contributed by atoms with Crippen molar-refractivity contribution in [3.8, 4) is 11.4 Å². The van der Waals surface area contributed by atoms with Crippen LogP contribution in [-0.2, 0) is 0 Å². The number of aromatic carboxylic acids is 1. The molecule has 0 aliphatic heterocycles. The Kier molecular flexibility index (Phi) is 4.94. The number of nitro benzene ring substituents is 1. The zero-order valence-corrected chi connectivity index (χ0v) is 14.4. The van der Waals surface area contributed by atoms with Gasteiger partial charge in [0.15, 0.2) is 5.82 Å². The van der Waals surface area contributed by atoms with Gasteiger partial charge in [0.1, 0.15) is 10.6 Å². The Bertz CT molecular complexity index is 976. The van der Waals surface area contributed by atoms with Crippen molar-refractivity contribution < 1.29 is 14.8 Å². The first kappa shape index (κ1) is 17.6. The molecule has 1 aromatic heterocycles. The van der Waals surface area contributed by atoms with E-state index in [-0.39, 0.29) is 16.3 Å². The number of aromatic nitrogens is 2. The molecule has 0 aliphatic carbocycles. The predicted molar refractivity (Wildman–Crippen MR) is 96.4 cm³/mol. The Labute approximate surface area is 152 Å². The number of hydrogen-bond donors (Lipinski definition) is 1. The third kappa shape index (κ3) is 3.70. The number of aryl methyl sites for hydroxylation is 1. The Hall–Kier alpha value is -3.26. The average molecular weight is 367 g/mol. The highest BCUT2D eigenvalue weighted by Gasteiger charge is 2.20. The standard InChI is InChI=1S/C18H13N3O4S/c1-11-15(18(22)23)17(20-16(19-11)12-5-3-2-4-6-12)26-14-9-7-13(8-10-14)21(24)25/h2-10H,1H3,(H,22,23). The van der Waals surface area contributed by atoms with Crippen molar-refractivity contribution >= 4 is 23.4 Å². The van der Waals surface area contributed by atoms with Crippen LogP contribution in [0.1, 0.15) is 16.1 Å². The maximum absolute atomic E-state index is 11.6. The normalized spacial score (nSPS) is 10.5. The van der Waals surface area contributed by atoms with Crippen molar-refractivity contribution in [2.24, 2.45) is 0 Å². The van der Waals surface area contributed by atoms with Gasteiger partial charge in [0.25, 0.3) is 5.69 Å². The van der Waals surface area contributed by atoms with Gasteiger partial charge in [0.05, 0.1) is 10.6 Å². The number of rotatable bonds is 5. The van der Waals surface area contributed by atoms with Gasteiger partial charge in [-0.1, -0.05) is 42.1 Å². The predicted octanol–water partition coefficient (Wildman–Crippen LogP) is 4.21. The third-order valence-electron chi connectivity index (χ3n) is 3.56. The van der Waals surface area contributed by atoms with Crippen molar-refractivity contribution in [3.05, 3.63) is 76.0 Å². The lowest BCUT2D eigenvalue weighted by molar-refractivity contribution is -0.384. The van der Waals surface area contributed by atoms with E-state index in [0.29, 0.717) is 16.4 Å². The van der Waals surface area contributed by atoms with E-state index in [4.69, 9.17) is 0 Å². The molecule has 0 unspecified atom stereocenters. The summed E-state index contributed by atoms with van der Waals surface area (Å²) in [7, 11) is 0. The maximum atomic E-state index is 11.6. The number of non-ortho nitro benzene ring substituents is 1. The van der Waals surface area contributed by atoms with Gasteiger partial charge in [-0.3, -0.25) is 10.1 Å². The van der Waals surface area contributed by atoms with E-state index in [1.165, 1.54) is 12.1 Å². The van der Waals surface area contributed by atoms with Crippen LogP contribution in [-0.4, -0.2) is 26.0 Å². The lowest BCUT2D eigenvalue weighted by Crippen LogP contribution is -2.08. The van der Waals surface area contributed by atoms with E-state index in [9.17, 15) is 20.0 Å². The van der Waals surface area contributed by atoms with E-state index in [1.807, 2.05) is 30.3 Å². The van der Waals surface area contributed by atoms with Gasteiger partial charge in [-0.25, -0.2) is 14.8 Å². The minimum absolute atomic E-state index is 0.0213. The molecule has 0 fully saturated rings. The SMILES string of the molecule is Cc1nc(-c2ccccc2)nc(Sc2ccc([N+](=O)[O-])cc2)c1C(=O)O. The molecule has 0 bridgehead atoms. The quantitative estimate of drug-likeness (QED) is 0.409. The average Bonchev–Trinajstić information content (AvgIpc) is 2.62.